The summed E-state index contributed by atoms with van der Waals surface area (Å²) >= 11 is 9.65. The molecule has 1 unspecified atom stereocenters. The fourth-order valence-electron chi connectivity index (χ4n) is 4.79. The van der Waals surface area contributed by atoms with Gasteiger partial charge in [-0.15, -0.1) is 0 Å². The summed E-state index contributed by atoms with van der Waals surface area (Å²) in [7, 11) is 0. The Labute approximate surface area is 240 Å². The van der Waals surface area contributed by atoms with Gasteiger partial charge in [0, 0.05) is 39.2 Å². The van der Waals surface area contributed by atoms with E-state index in [0.29, 0.717) is 44.2 Å². The van der Waals surface area contributed by atoms with E-state index in [9.17, 15) is 14.4 Å². The molecule has 1 heterocycles. The van der Waals surface area contributed by atoms with E-state index >= 15 is 0 Å². The third-order valence-corrected chi connectivity index (χ3v) is 7.45. The van der Waals surface area contributed by atoms with E-state index in [1.54, 1.807) is 43.3 Å². The van der Waals surface area contributed by atoms with Crippen LogP contribution in [0.25, 0.3) is 0 Å². The van der Waals surface area contributed by atoms with Gasteiger partial charge in [0.05, 0.1) is 12.5 Å². The van der Waals surface area contributed by atoms with Crippen LogP contribution in [0.2, 0.25) is 5.02 Å². The molecule has 8 nitrogen and oxygen atoms in total. The zero-order valence-corrected chi connectivity index (χ0v) is 24.5. The monoisotopic (exact) mass is 616 g/mol. The van der Waals surface area contributed by atoms with Crippen LogP contribution in [0, 0.1) is 12.3 Å². The van der Waals surface area contributed by atoms with E-state index < -0.39 is 17.8 Å². The van der Waals surface area contributed by atoms with Crippen molar-refractivity contribution in [3.8, 4) is 5.75 Å². The van der Waals surface area contributed by atoms with E-state index in [0.717, 1.165) is 5.56 Å². The normalized spacial score (nSPS) is 18.3. The number of carbonyl (C=O) groups excluding carboxylic acids is 3. The lowest BCUT2D eigenvalue weighted by Crippen LogP contribution is -2.36. The molecule has 1 atom stereocenters. The highest BCUT2D eigenvalue weighted by atomic mass is 79.9. The number of nitrogens with one attached hydrogen (secondary N) is 1. The molecule has 0 saturated heterocycles. The maximum absolute atomic E-state index is 13.5. The minimum Gasteiger partial charge on any atom is -0.483 e. The Morgan fingerprint density at radius 1 is 1.21 bits per heavy atom. The number of hydrogen-bond acceptors (Lipinski definition) is 7. The second-order valence-electron chi connectivity index (χ2n) is 10.3. The van der Waals surface area contributed by atoms with Crippen molar-refractivity contribution in [2.75, 3.05) is 18.5 Å². The third kappa shape index (κ3) is 6.31. The Balaban J connectivity index is 1.71. The van der Waals surface area contributed by atoms with Crippen molar-refractivity contribution in [1.29, 1.82) is 0 Å². The van der Waals surface area contributed by atoms with Crippen LogP contribution in [0.1, 0.15) is 50.7 Å². The van der Waals surface area contributed by atoms with Crippen molar-refractivity contribution in [3.63, 3.8) is 0 Å². The van der Waals surface area contributed by atoms with Gasteiger partial charge in [0.2, 0.25) is 5.88 Å². The van der Waals surface area contributed by atoms with Gasteiger partial charge in [-0.05, 0) is 55.2 Å². The minimum absolute atomic E-state index is 0.0188. The molecular weight excluding hydrogens is 588 g/mol. The Hall–Kier alpha value is -3.30. The van der Waals surface area contributed by atoms with Crippen LogP contribution < -0.4 is 15.8 Å². The number of nitrogens with two attached hydrogens (primary N) is 1. The van der Waals surface area contributed by atoms with Gasteiger partial charge in [-0.2, -0.15) is 0 Å². The Bertz CT molecular complexity index is 1410. The lowest BCUT2D eigenvalue weighted by molar-refractivity contribution is -0.139. The smallest absolute Gasteiger partial charge is 0.340 e. The summed E-state index contributed by atoms with van der Waals surface area (Å²) in [6.07, 6.45) is 0.737. The second kappa shape index (κ2) is 11.4. The molecule has 0 bridgehead atoms. The molecule has 2 aromatic carbocycles. The number of benzene rings is 2. The Kier molecular flexibility index (Phi) is 8.42. The highest BCUT2D eigenvalue weighted by molar-refractivity contribution is 9.10. The van der Waals surface area contributed by atoms with Crippen molar-refractivity contribution in [2.45, 2.75) is 46.5 Å². The van der Waals surface area contributed by atoms with E-state index in [1.165, 1.54) is 0 Å². The predicted octanol–water partition coefficient (Wildman–Crippen LogP) is 5.92. The van der Waals surface area contributed by atoms with Crippen LogP contribution in [0.3, 0.4) is 0 Å². The number of Topliss-reactive ketones (excluding diaryl/α,β-unsaturated/α-hetero) is 1. The first-order valence-corrected chi connectivity index (χ1v) is 13.7. The number of halogens is 2. The maximum Gasteiger partial charge on any atom is 0.340 e. The lowest BCUT2D eigenvalue weighted by atomic mass is 9.70. The zero-order valence-electron chi connectivity index (χ0n) is 22.2. The summed E-state index contributed by atoms with van der Waals surface area (Å²) < 4.78 is 17.8. The van der Waals surface area contributed by atoms with Gasteiger partial charge >= 0.3 is 5.97 Å². The lowest BCUT2D eigenvalue weighted by Gasteiger charge is -2.38. The first kappa shape index (κ1) is 28.7. The van der Waals surface area contributed by atoms with Crippen molar-refractivity contribution >= 4 is 50.9 Å². The first-order valence-electron chi connectivity index (χ1n) is 12.5. The van der Waals surface area contributed by atoms with Crippen LogP contribution in [0.5, 0.6) is 5.75 Å². The number of esters is 1. The predicted molar refractivity (Wildman–Crippen MR) is 151 cm³/mol. The molecule has 0 radical (unpaired) electrons. The fraction of sp³-hybridized carbons (Fsp3) is 0.345. The number of anilines is 1. The number of aryl methyl sites for hydroxylation is 1. The number of ketones is 1. The fourth-order valence-corrected chi connectivity index (χ4v) is 5.35. The average Bonchev–Trinajstić information content (AvgIpc) is 2.84. The third-order valence-electron chi connectivity index (χ3n) is 6.55. The number of rotatable bonds is 7. The molecule has 2 aliphatic rings. The van der Waals surface area contributed by atoms with E-state index in [1.807, 2.05) is 20.8 Å². The minimum atomic E-state index is -0.900. The standard InChI is InChI=1S/C29H30BrClN2O6/c1-5-37-28(36)26-24(25-20(34)12-29(3,4)13-22(25)39-27(26)32)18-10-16(30)7-9-21(18)38-14-23(35)33-17-8-6-15(2)19(31)11-17/h6-11,24H,5,12-14,32H2,1-4H3,(H,33,35). The number of amides is 1. The van der Waals surface area contributed by atoms with Crippen LogP contribution in [-0.4, -0.2) is 30.9 Å². The van der Waals surface area contributed by atoms with Crippen LogP contribution >= 0.6 is 27.5 Å². The van der Waals surface area contributed by atoms with Crippen molar-refractivity contribution in [2.24, 2.45) is 11.1 Å². The maximum atomic E-state index is 13.5. The molecule has 10 heteroatoms. The van der Waals surface area contributed by atoms with Gasteiger partial charge in [0.1, 0.15) is 17.1 Å². The molecule has 0 saturated carbocycles. The average molecular weight is 618 g/mol. The van der Waals surface area contributed by atoms with E-state index in [2.05, 4.69) is 21.2 Å². The van der Waals surface area contributed by atoms with E-state index in [-0.39, 0.29) is 42.3 Å². The van der Waals surface area contributed by atoms with Crippen molar-refractivity contribution < 1.29 is 28.6 Å². The summed E-state index contributed by atoms with van der Waals surface area (Å²) in [6.45, 7) is 7.28. The van der Waals surface area contributed by atoms with Crippen LogP contribution in [0.15, 0.2) is 63.7 Å². The molecule has 0 aromatic heterocycles. The second-order valence-corrected chi connectivity index (χ2v) is 11.6. The Morgan fingerprint density at radius 3 is 2.64 bits per heavy atom. The summed E-state index contributed by atoms with van der Waals surface area (Å²) in [6, 6.07) is 10.4. The number of hydrogen-bond donors (Lipinski definition) is 2. The molecule has 39 heavy (non-hydrogen) atoms. The molecule has 1 amide bonds. The SMILES string of the molecule is CCOC(=O)C1=C(N)OC2=C(C(=O)CC(C)(C)C2)C1c1cc(Br)ccc1OCC(=O)Nc1ccc(C)c(Cl)c1. The molecule has 0 spiro atoms. The quantitative estimate of drug-likeness (QED) is 0.371. The Morgan fingerprint density at radius 2 is 1.95 bits per heavy atom. The van der Waals surface area contributed by atoms with Crippen LogP contribution in [-0.2, 0) is 23.9 Å². The van der Waals surface area contributed by atoms with Gasteiger partial charge < -0.3 is 25.3 Å². The number of allylic oxidation sites excluding steroid dienone is 2. The van der Waals surface area contributed by atoms with Gasteiger partial charge in [-0.25, -0.2) is 4.79 Å². The number of carbonyl (C=O) groups is 3. The van der Waals surface area contributed by atoms with Crippen LogP contribution in [0.4, 0.5) is 5.69 Å². The summed E-state index contributed by atoms with van der Waals surface area (Å²) in [4.78, 5) is 39.3. The van der Waals surface area contributed by atoms with Crippen molar-refractivity contribution in [1.82, 2.24) is 0 Å². The van der Waals surface area contributed by atoms with Gasteiger partial charge in [-0.3, -0.25) is 9.59 Å². The zero-order chi connectivity index (χ0) is 28.5. The van der Waals surface area contributed by atoms with Gasteiger partial charge in [0.25, 0.3) is 5.91 Å². The molecule has 4 rings (SSSR count). The molecule has 3 N–H and O–H groups in total. The summed E-state index contributed by atoms with van der Waals surface area (Å²) in [5.74, 6) is -1.55. The van der Waals surface area contributed by atoms with Gasteiger partial charge in [-0.1, -0.05) is 47.4 Å². The number of ether oxygens (including phenoxy) is 3. The molecule has 1 aliphatic carbocycles. The first-order chi connectivity index (χ1) is 18.4. The molecular formula is C29H30BrClN2O6. The highest BCUT2D eigenvalue weighted by Crippen LogP contribution is 2.50. The summed E-state index contributed by atoms with van der Waals surface area (Å²) in [5.41, 5.74) is 8.20. The van der Waals surface area contributed by atoms with Crippen molar-refractivity contribution in [3.05, 3.63) is 79.8 Å². The topological polar surface area (TPSA) is 117 Å². The molecule has 206 valence electrons. The summed E-state index contributed by atoms with van der Waals surface area (Å²) in [5, 5.41) is 3.29. The van der Waals surface area contributed by atoms with Gasteiger partial charge in [0.15, 0.2) is 12.4 Å². The largest absolute Gasteiger partial charge is 0.483 e. The molecule has 0 fully saturated rings. The molecule has 1 aliphatic heterocycles. The van der Waals surface area contributed by atoms with E-state index in [4.69, 9.17) is 31.5 Å². The highest BCUT2D eigenvalue weighted by Gasteiger charge is 2.46. The molecule has 2 aromatic rings.